The fourth-order valence-electron chi connectivity index (χ4n) is 2.89. The molecule has 1 atom stereocenters. The number of benzene rings is 2. The predicted octanol–water partition coefficient (Wildman–Crippen LogP) is 4.80. The Bertz CT molecular complexity index is 1120. The van der Waals surface area contributed by atoms with Crippen molar-refractivity contribution in [2.75, 3.05) is 0 Å². The van der Waals surface area contributed by atoms with Crippen LogP contribution in [-0.2, 0) is 6.61 Å². The van der Waals surface area contributed by atoms with Gasteiger partial charge in [-0.1, -0.05) is 42.1 Å². The van der Waals surface area contributed by atoms with Gasteiger partial charge >= 0.3 is 0 Å². The van der Waals surface area contributed by atoms with Crippen LogP contribution in [0.3, 0.4) is 0 Å². The summed E-state index contributed by atoms with van der Waals surface area (Å²) in [6, 6.07) is 15.5. The Hall–Kier alpha value is -3.06. The van der Waals surface area contributed by atoms with E-state index in [1.165, 1.54) is 11.8 Å². The van der Waals surface area contributed by atoms with Gasteiger partial charge in [-0.3, -0.25) is 4.79 Å². The number of nitrogens with zero attached hydrogens (tertiary/aromatic N) is 2. The number of ketones is 1. The molecule has 0 saturated carbocycles. The molecule has 0 aliphatic heterocycles. The number of aromatic nitrogens is 3. The summed E-state index contributed by atoms with van der Waals surface area (Å²) in [4.78, 5) is 15.9. The van der Waals surface area contributed by atoms with Crippen molar-refractivity contribution in [3.8, 4) is 5.75 Å². The molecule has 4 aromatic rings. The summed E-state index contributed by atoms with van der Waals surface area (Å²) >= 11 is 1.24. The Kier molecular flexibility index (Phi) is 5.16. The van der Waals surface area contributed by atoms with Crippen LogP contribution in [0.25, 0.3) is 10.9 Å². The first-order chi connectivity index (χ1) is 13.6. The first-order valence-electron chi connectivity index (χ1n) is 8.89. The molecule has 0 amide bonds. The normalized spacial score (nSPS) is 12.2. The molecular weight excluding hydrogens is 374 g/mol. The monoisotopic (exact) mass is 393 g/mol. The van der Waals surface area contributed by atoms with Gasteiger partial charge < -0.3 is 14.1 Å². The van der Waals surface area contributed by atoms with Crippen LogP contribution in [0.15, 0.2) is 64.4 Å². The van der Waals surface area contributed by atoms with E-state index in [9.17, 15) is 4.79 Å². The maximum atomic E-state index is 12.8. The highest BCUT2D eigenvalue weighted by Crippen LogP contribution is 2.27. The maximum absolute atomic E-state index is 12.8. The van der Waals surface area contributed by atoms with Crippen molar-refractivity contribution in [3.63, 3.8) is 0 Å². The average molecular weight is 393 g/mol. The first kappa shape index (κ1) is 18.3. The summed E-state index contributed by atoms with van der Waals surface area (Å²) in [6.07, 6.45) is 1.75. The van der Waals surface area contributed by atoms with E-state index >= 15 is 0 Å². The second-order valence-electron chi connectivity index (χ2n) is 6.44. The number of carbonyl (C=O) groups excluding carboxylic acids is 1. The molecule has 7 heteroatoms. The number of hydrogen-bond acceptors (Lipinski definition) is 6. The molecule has 2 heterocycles. The van der Waals surface area contributed by atoms with Crippen LogP contribution in [0, 0.1) is 6.92 Å². The summed E-state index contributed by atoms with van der Waals surface area (Å²) in [7, 11) is 0. The van der Waals surface area contributed by atoms with Gasteiger partial charge in [0.25, 0.3) is 11.1 Å². The number of para-hydroxylation sites is 1. The summed E-state index contributed by atoms with van der Waals surface area (Å²) in [5.74, 6) is 1.13. The highest BCUT2D eigenvalue weighted by atomic mass is 32.2. The van der Waals surface area contributed by atoms with E-state index in [4.69, 9.17) is 9.15 Å². The predicted molar refractivity (Wildman–Crippen MR) is 108 cm³/mol. The zero-order valence-electron chi connectivity index (χ0n) is 15.5. The lowest BCUT2D eigenvalue weighted by Crippen LogP contribution is -2.13. The van der Waals surface area contributed by atoms with Crippen molar-refractivity contribution < 1.29 is 13.9 Å². The van der Waals surface area contributed by atoms with Crippen molar-refractivity contribution in [2.24, 2.45) is 0 Å². The molecule has 0 aliphatic rings. The van der Waals surface area contributed by atoms with Crippen molar-refractivity contribution in [1.29, 1.82) is 0 Å². The van der Waals surface area contributed by atoms with E-state index in [0.717, 1.165) is 22.2 Å². The van der Waals surface area contributed by atoms with E-state index in [-0.39, 0.29) is 17.6 Å². The molecule has 1 N–H and O–H groups in total. The highest BCUT2D eigenvalue weighted by molar-refractivity contribution is 8.00. The third-order valence-electron chi connectivity index (χ3n) is 4.30. The molecule has 0 aliphatic carbocycles. The third-order valence-corrected chi connectivity index (χ3v) is 5.24. The second kappa shape index (κ2) is 7.90. The quantitative estimate of drug-likeness (QED) is 0.359. The number of hydrogen-bond donors (Lipinski definition) is 1. The molecule has 6 nitrogen and oxygen atoms in total. The Balaban J connectivity index is 1.39. The summed E-state index contributed by atoms with van der Waals surface area (Å²) in [5, 5.41) is 8.93. The third kappa shape index (κ3) is 3.94. The molecular formula is C21H19N3O3S. The minimum atomic E-state index is -0.356. The van der Waals surface area contributed by atoms with E-state index in [1.54, 1.807) is 6.20 Å². The number of fused-ring (bicyclic) bond motifs is 1. The minimum Gasteiger partial charge on any atom is -0.484 e. The number of aryl methyl sites for hydroxylation is 1. The average Bonchev–Trinajstić information content (AvgIpc) is 3.32. The Morgan fingerprint density at radius 3 is 2.93 bits per heavy atom. The second-order valence-corrected chi connectivity index (χ2v) is 7.73. The molecule has 2 aromatic carbocycles. The van der Waals surface area contributed by atoms with Crippen LogP contribution in [0.1, 0.15) is 28.7 Å². The lowest BCUT2D eigenvalue weighted by atomic mass is 10.1. The Labute approximate surface area is 166 Å². The molecule has 0 spiro atoms. The largest absolute Gasteiger partial charge is 0.484 e. The standard InChI is InChI=1S/C21H19N3O3S/c1-13-6-5-7-15(10-13)26-12-19-23-24-21(27-19)28-14(2)20(25)17-11-22-18-9-4-3-8-16(17)18/h3-11,14,22H,12H2,1-2H3/t14-/m0/s1. The summed E-state index contributed by atoms with van der Waals surface area (Å²) in [5.41, 5.74) is 2.72. The molecule has 0 radical (unpaired) electrons. The number of nitrogens with one attached hydrogen (secondary N) is 1. The Morgan fingerprint density at radius 1 is 1.21 bits per heavy atom. The van der Waals surface area contributed by atoms with Crippen LogP contribution < -0.4 is 4.74 Å². The zero-order valence-corrected chi connectivity index (χ0v) is 16.3. The van der Waals surface area contributed by atoms with Crippen LogP contribution >= 0.6 is 11.8 Å². The van der Waals surface area contributed by atoms with Crippen molar-refractivity contribution in [1.82, 2.24) is 15.2 Å². The molecule has 0 fully saturated rings. The number of aromatic amines is 1. The lowest BCUT2D eigenvalue weighted by Gasteiger charge is -2.06. The zero-order chi connectivity index (χ0) is 19.5. The van der Waals surface area contributed by atoms with Gasteiger partial charge in [0.2, 0.25) is 0 Å². The van der Waals surface area contributed by atoms with Gasteiger partial charge in [-0.05, 0) is 37.6 Å². The molecule has 0 unspecified atom stereocenters. The van der Waals surface area contributed by atoms with E-state index in [0.29, 0.717) is 16.7 Å². The van der Waals surface area contributed by atoms with Gasteiger partial charge in [-0.2, -0.15) is 0 Å². The molecule has 142 valence electrons. The number of carbonyl (C=O) groups is 1. The molecule has 28 heavy (non-hydrogen) atoms. The van der Waals surface area contributed by atoms with Crippen molar-refractivity contribution in [3.05, 3.63) is 71.7 Å². The minimum absolute atomic E-state index is 0.0122. The van der Waals surface area contributed by atoms with Crippen LogP contribution in [0.5, 0.6) is 5.75 Å². The number of rotatable bonds is 7. The van der Waals surface area contributed by atoms with E-state index in [2.05, 4.69) is 15.2 Å². The summed E-state index contributed by atoms with van der Waals surface area (Å²) < 4.78 is 11.3. The van der Waals surface area contributed by atoms with E-state index < -0.39 is 0 Å². The van der Waals surface area contributed by atoms with Gasteiger partial charge in [-0.15, -0.1) is 10.2 Å². The van der Waals surface area contributed by atoms with Gasteiger partial charge in [0, 0.05) is 22.7 Å². The van der Waals surface area contributed by atoms with Gasteiger partial charge in [0.1, 0.15) is 5.75 Å². The molecule has 4 rings (SSSR count). The molecule has 2 aromatic heterocycles. The maximum Gasteiger partial charge on any atom is 0.277 e. The van der Waals surface area contributed by atoms with E-state index in [1.807, 2.05) is 62.4 Å². The van der Waals surface area contributed by atoms with Gasteiger partial charge in [-0.25, -0.2) is 0 Å². The number of thioether (sulfide) groups is 1. The van der Waals surface area contributed by atoms with Crippen molar-refractivity contribution >= 4 is 28.4 Å². The SMILES string of the molecule is Cc1cccc(OCc2nnc(S[C@@H](C)C(=O)c3c[nH]c4ccccc34)o2)c1. The van der Waals surface area contributed by atoms with Gasteiger partial charge in [0.05, 0.1) is 5.25 Å². The van der Waals surface area contributed by atoms with Crippen LogP contribution in [-0.4, -0.2) is 26.2 Å². The first-order valence-corrected chi connectivity index (χ1v) is 9.77. The fourth-order valence-corrected chi connectivity index (χ4v) is 3.66. The topological polar surface area (TPSA) is 81.0 Å². The Morgan fingerprint density at radius 2 is 2.07 bits per heavy atom. The van der Waals surface area contributed by atoms with Gasteiger partial charge in [0.15, 0.2) is 12.4 Å². The summed E-state index contributed by atoms with van der Waals surface area (Å²) in [6.45, 7) is 4.02. The molecule has 0 bridgehead atoms. The number of Topliss-reactive ketones (excluding diaryl/α,β-unsaturated/α-hetero) is 1. The van der Waals surface area contributed by atoms with Crippen LogP contribution in [0.4, 0.5) is 0 Å². The smallest absolute Gasteiger partial charge is 0.277 e. The number of ether oxygens (including phenoxy) is 1. The lowest BCUT2D eigenvalue weighted by molar-refractivity contribution is 0.0995. The molecule has 0 saturated heterocycles. The highest BCUT2D eigenvalue weighted by Gasteiger charge is 2.22. The number of H-pyrrole nitrogens is 1. The fraction of sp³-hybridized carbons (Fsp3) is 0.190. The van der Waals surface area contributed by atoms with Crippen molar-refractivity contribution in [2.45, 2.75) is 30.9 Å². The van der Waals surface area contributed by atoms with Crippen LogP contribution in [0.2, 0.25) is 0 Å².